The minimum absolute atomic E-state index is 0.342. The number of rotatable bonds is 4. The Morgan fingerprint density at radius 1 is 1.10 bits per heavy atom. The molecular weight excluding hydrogens is 390 g/mol. The number of hydrogen-bond acceptors (Lipinski definition) is 5. The van der Waals surface area contributed by atoms with Gasteiger partial charge in [-0.05, 0) is 67.6 Å². The SMILES string of the molecule is Cc1ccnc(NC(=O)Nc2ccc(-c3c(C)cn4ncnc(C5(N)CC5)c34)cc2)c1. The lowest BCUT2D eigenvalue weighted by Gasteiger charge is -2.12. The lowest BCUT2D eigenvalue weighted by molar-refractivity contribution is 0.262. The molecule has 1 aliphatic rings. The molecule has 1 saturated carbocycles. The van der Waals surface area contributed by atoms with E-state index in [1.165, 1.54) is 0 Å². The third kappa shape index (κ3) is 3.62. The fourth-order valence-electron chi connectivity index (χ4n) is 3.84. The van der Waals surface area contributed by atoms with Crippen LogP contribution in [0.25, 0.3) is 16.6 Å². The van der Waals surface area contributed by atoms with E-state index < -0.39 is 0 Å². The van der Waals surface area contributed by atoms with E-state index in [4.69, 9.17) is 5.73 Å². The van der Waals surface area contributed by atoms with Gasteiger partial charge in [0.25, 0.3) is 0 Å². The van der Waals surface area contributed by atoms with Crippen LogP contribution in [0.5, 0.6) is 0 Å². The Kier molecular flexibility index (Phi) is 4.44. The number of amides is 2. The summed E-state index contributed by atoms with van der Waals surface area (Å²) in [4.78, 5) is 21.0. The molecule has 0 aliphatic heterocycles. The molecule has 1 aromatic carbocycles. The number of fused-ring (bicyclic) bond motifs is 1. The number of carbonyl (C=O) groups is 1. The van der Waals surface area contributed by atoms with Gasteiger partial charge in [0.05, 0.1) is 16.7 Å². The maximum atomic E-state index is 12.3. The van der Waals surface area contributed by atoms with E-state index in [9.17, 15) is 4.79 Å². The fourth-order valence-corrected chi connectivity index (χ4v) is 3.84. The third-order valence-electron chi connectivity index (χ3n) is 5.61. The number of nitrogens with zero attached hydrogens (tertiary/aromatic N) is 4. The Balaban J connectivity index is 1.41. The molecule has 8 heteroatoms. The van der Waals surface area contributed by atoms with Gasteiger partial charge in [0.15, 0.2) is 0 Å². The van der Waals surface area contributed by atoms with Crippen molar-refractivity contribution in [1.82, 2.24) is 19.6 Å². The standard InChI is InChI=1S/C23H23N7O/c1-14-7-10-25-18(11-14)29-22(31)28-17-5-3-16(4-6-17)19-15(2)12-30-20(19)21(26-13-27-30)23(24)8-9-23/h3-7,10-13H,8-9,24H2,1-2H3,(H2,25,28,29,31). The van der Waals surface area contributed by atoms with Crippen molar-refractivity contribution >= 4 is 23.1 Å². The Hall–Kier alpha value is -3.78. The number of nitrogens with one attached hydrogen (secondary N) is 2. The van der Waals surface area contributed by atoms with Crippen LogP contribution in [0.2, 0.25) is 0 Å². The second kappa shape index (κ2) is 7.17. The van der Waals surface area contributed by atoms with E-state index in [1.54, 1.807) is 12.5 Å². The predicted octanol–water partition coefficient (Wildman–Crippen LogP) is 4.00. The Bertz CT molecular complexity index is 1290. The van der Waals surface area contributed by atoms with E-state index in [-0.39, 0.29) is 11.6 Å². The van der Waals surface area contributed by atoms with Crippen molar-refractivity contribution in [2.45, 2.75) is 32.2 Å². The zero-order valence-electron chi connectivity index (χ0n) is 17.4. The second-order valence-corrected chi connectivity index (χ2v) is 8.12. The average Bonchev–Trinajstić information content (AvgIpc) is 3.39. The van der Waals surface area contributed by atoms with E-state index in [0.29, 0.717) is 11.5 Å². The van der Waals surface area contributed by atoms with Gasteiger partial charge in [-0.2, -0.15) is 5.10 Å². The molecule has 1 aliphatic carbocycles. The van der Waals surface area contributed by atoms with Crippen molar-refractivity contribution in [2.24, 2.45) is 5.73 Å². The predicted molar refractivity (Wildman–Crippen MR) is 120 cm³/mol. The summed E-state index contributed by atoms with van der Waals surface area (Å²) in [6.45, 7) is 4.00. The Labute approximate surface area is 179 Å². The summed E-state index contributed by atoms with van der Waals surface area (Å²) >= 11 is 0. The summed E-state index contributed by atoms with van der Waals surface area (Å²) in [6, 6.07) is 11.1. The summed E-state index contributed by atoms with van der Waals surface area (Å²) in [5.74, 6) is 0.508. The molecule has 4 N–H and O–H groups in total. The topological polar surface area (TPSA) is 110 Å². The fraction of sp³-hybridized carbons (Fsp3) is 0.217. The molecule has 8 nitrogen and oxygen atoms in total. The molecule has 156 valence electrons. The summed E-state index contributed by atoms with van der Waals surface area (Å²) in [5.41, 5.74) is 12.8. The average molecular weight is 413 g/mol. The van der Waals surface area contributed by atoms with Crippen LogP contribution in [0.4, 0.5) is 16.3 Å². The second-order valence-electron chi connectivity index (χ2n) is 8.12. The van der Waals surface area contributed by atoms with Gasteiger partial charge in [0.2, 0.25) is 0 Å². The third-order valence-corrected chi connectivity index (χ3v) is 5.61. The number of aromatic nitrogens is 4. The van der Waals surface area contributed by atoms with Gasteiger partial charge >= 0.3 is 6.03 Å². The smallest absolute Gasteiger partial charge is 0.320 e. The molecule has 0 atom stereocenters. The number of carbonyl (C=O) groups excluding carboxylic acids is 1. The highest BCUT2D eigenvalue weighted by Crippen LogP contribution is 2.45. The van der Waals surface area contributed by atoms with Crippen LogP contribution in [0, 0.1) is 13.8 Å². The zero-order chi connectivity index (χ0) is 21.6. The summed E-state index contributed by atoms with van der Waals surface area (Å²) in [6.07, 6.45) is 7.08. The molecule has 31 heavy (non-hydrogen) atoms. The Morgan fingerprint density at radius 2 is 1.87 bits per heavy atom. The first-order valence-corrected chi connectivity index (χ1v) is 10.2. The van der Waals surface area contributed by atoms with Crippen molar-refractivity contribution in [3.63, 3.8) is 0 Å². The van der Waals surface area contributed by atoms with Gasteiger partial charge in [-0.1, -0.05) is 12.1 Å². The van der Waals surface area contributed by atoms with E-state index in [1.807, 2.05) is 54.0 Å². The van der Waals surface area contributed by atoms with Crippen LogP contribution in [0.15, 0.2) is 55.1 Å². The van der Waals surface area contributed by atoms with E-state index in [0.717, 1.165) is 46.3 Å². The molecule has 5 rings (SSSR count). The first-order chi connectivity index (χ1) is 14.9. The highest BCUT2D eigenvalue weighted by atomic mass is 16.2. The molecule has 0 spiro atoms. The van der Waals surface area contributed by atoms with Crippen molar-refractivity contribution in [2.75, 3.05) is 10.6 Å². The van der Waals surface area contributed by atoms with Gasteiger partial charge < -0.3 is 11.1 Å². The van der Waals surface area contributed by atoms with Crippen LogP contribution in [-0.2, 0) is 5.54 Å². The quantitative estimate of drug-likeness (QED) is 0.468. The molecule has 0 radical (unpaired) electrons. The van der Waals surface area contributed by atoms with Crippen molar-refractivity contribution in [3.8, 4) is 11.1 Å². The number of nitrogens with two attached hydrogens (primary N) is 1. The van der Waals surface area contributed by atoms with Gasteiger partial charge in [0, 0.05) is 23.6 Å². The molecule has 0 saturated heterocycles. The van der Waals surface area contributed by atoms with Crippen LogP contribution < -0.4 is 16.4 Å². The molecule has 3 heterocycles. The van der Waals surface area contributed by atoms with Crippen molar-refractivity contribution in [3.05, 3.63) is 71.9 Å². The molecule has 4 aromatic rings. The molecule has 2 amide bonds. The Morgan fingerprint density at radius 3 is 2.58 bits per heavy atom. The highest BCUT2D eigenvalue weighted by molar-refractivity contribution is 5.99. The normalized spacial score (nSPS) is 14.4. The van der Waals surface area contributed by atoms with Gasteiger partial charge in [-0.25, -0.2) is 19.3 Å². The number of pyridine rings is 1. The monoisotopic (exact) mass is 413 g/mol. The van der Waals surface area contributed by atoms with Gasteiger partial charge in [-0.3, -0.25) is 5.32 Å². The summed E-state index contributed by atoms with van der Waals surface area (Å²) in [7, 11) is 0. The molecular formula is C23H23N7O. The first kappa shape index (κ1) is 19.2. The number of urea groups is 1. The number of anilines is 2. The molecule has 3 aromatic heterocycles. The highest BCUT2D eigenvalue weighted by Gasteiger charge is 2.43. The summed E-state index contributed by atoms with van der Waals surface area (Å²) < 4.78 is 1.86. The zero-order valence-corrected chi connectivity index (χ0v) is 17.4. The lowest BCUT2D eigenvalue weighted by Crippen LogP contribution is -2.22. The van der Waals surface area contributed by atoms with E-state index in [2.05, 4.69) is 32.6 Å². The first-order valence-electron chi connectivity index (χ1n) is 10.2. The van der Waals surface area contributed by atoms with Crippen LogP contribution >= 0.6 is 0 Å². The van der Waals surface area contributed by atoms with Crippen molar-refractivity contribution in [1.29, 1.82) is 0 Å². The number of aryl methyl sites for hydroxylation is 2. The summed E-state index contributed by atoms with van der Waals surface area (Å²) in [5, 5.41) is 9.95. The maximum absolute atomic E-state index is 12.3. The number of benzene rings is 1. The largest absolute Gasteiger partial charge is 0.324 e. The minimum Gasteiger partial charge on any atom is -0.320 e. The van der Waals surface area contributed by atoms with Crippen LogP contribution in [0.1, 0.15) is 29.7 Å². The molecule has 0 bridgehead atoms. The maximum Gasteiger partial charge on any atom is 0.324 e. The van der Waals surface area contributed by atoms with Gasteiger partial charge in [0.1, 0.15) is 12.1 Å². The minimum atomic E-state index is -0.368. The van der Waals surface area contributed by atoms with Gasteiger partial charge in [-0.15, -0.1) is 0 Å². The molecule has 0 unspecified atom stereocenters. The molecule has 1 fully saturated rings. The van der Waals surface area contributed by atoms with Crippen LogP contribution in [-0.4, -0.2) is 25.6 Å². The van der Waals surface area contributed by atoms with Crippen molar-refractivity contribution < 1.29 is 4.79 Å². The lowest BCUT2D eigenvalue weighted by atomic mass is 10.00. The number of hydrogen-bond donors (Lipinski definition) is 3. The van der Waals surface area contributed by atoms with Crippen LogP contribution in [0.3, 0.4) is 0 Å². The van der Waals surface area contributed by atoms with E-state index >= 15 is 0 Å².